The molecular formula is C24H28FNO3S. The van der Waals surface area contributed by atoms with E-state index >= 15 is 4.39 Å². The van der Waals surface area contributed by atoms with Crippen LogP contribution in [0.15, 0.2) is 24.3 Å². The van der Waals surface area contributed by atoms with E-state index in [4.69, 9.17) is 4.74 Å². The number of benzene rings is 1. The Morgan fingerprint density at radius 2 is 1.93 bits per heavy atom. The first-order chi connectivity index (χ1) is 14.2. The van der Waals surface area contributed by atoms with Gasteiger partial charge in [0.2, 0.25) is 0 Å². The fraction of sp³-hybridized carbons (Fsp3) is 0.500. The van der Waals surface area contributed by atoms with Crippen molar-refractivity contribution in [3.05, 3.63) is 51.7 Å². The van der Waals surface area contributed by atoms with Gasteiger partial charge < -0.3 is 4.74 Å². The molecule has 0 amide bonds. The van der Waals surface area contributed by atoms with E-state index in [9.17, 15) is 9.59 Å². The van der Waals surface area contributed by atoms with Gasteiger partial charge in [-0.15, -0.1) is 11.3 Å². The van der Waals surface area contributed by atoms with E-state index in [1.54, 1.807) is 6.07 Å². The van der Waals surface area contributed by atoms with E-state index < -0.39 is 6.04 Å². The lowest BCUT2D eigenvalue weighted by molar-refractivity contribution is -0.131. The standard InChI is InChI=1S/C24H28FNO3S/c1-12-7-6-8-18(25)21(12)23(24(28)22-14(3)15(22)4)26-11-17-10-20(29-16(5)27)30-19(17)9-13(26)2/h6-8,10,13-15,22-23H,9,11H2,1-5H3. The number of rotatable bonds is 5. The number of ketones is 1. The third kappa shape index (κ3) is 3.71. The number of ether oxygens (including phenoxy) is 1. The molecule has 2 heterocycles. The van der Waals surface area contributed by atoms with Crippen LogP contribution in [0.1, 0.15) is 55.3 Å². The number of halogens is 1. The third-order valence-corrected chi connectivity index (χ3v) is 7.89. The Morgan fingerprint density at radius 1 is 1.23 bits per heavy atom. The van der Waals surface area contributed by atoms with Crippen molar-refractivity contribution in [1.82, 2.24) is 4.90 Å². The predicted octanol–water partition coefficient (Wildman–Crippen LogP) is 5.08. The monoisotopic (exact) mass is 429 g/mol. The predicted molar refractivity (Wildman–Crippen MR) is 115 cm³/mol. The lowest BCUT2D eigenvalue weighted by atomic mass is 9.89. The van der Waals surface area contributed by atoms with Gasteiger partial charge in [0.05, 0.1) is 6.04 Å². The number of thiophene rings is 1. The lowest BCUT2D eigenvalue weighted by Gasteiger charge is -2.39. The molecule has 2 aliphatic rings. The van der Waals surface area contributed by atoms with E-state index in [-0.39, 0.29) is 29.5 Å². The fourth-order valence-electron chi connectivity index (χ4n) is 4.85. The Kier molecular flexibility index (Phi) is 5.58. The molecule has 1 fully saturated rings. The van der Waals surface area contributed by atoms with Gasteiger partial charge in [-0.25, -0.2) is 4.39 Å². The van der Waals surface area contributed by atoms with Gasteiger partial charge in [0, 0.05) is 35.9 Å². The molecule has 160 valence electrons. The SMILES string of the molecule is CC(=O)Oc1cc2c(s1)CC(C)N(C(C(=O)C1C(C)C1C)c1c(C)cccc1F)C2. The molecule has 1 saturated carbocycles. The Bertz CT molecular complexity index is 972. The zero-order valence-corrected chi connectivity index (χ0v) is 18.9. The second-order valence-electron chi connectivity index (χ2n) is 8.85. The molecule has 4 rings (SSSR count). The molecule has 4 unspecified atom stereocenters. The van der Waals surface area contributed by atoms with Crippen molar-refractivity contribution in [1.29, 1.82) is 0 Å². The lowest BCUT2D eigenvalue weighted by Crippen LogP contribution is -2.44. The molecule has 1 aliphatic heterocycles. The summed E-state index contributed by atoms with van der Waals surface area (Å²) in [5.74, 6) is 0.0954. The van der Waals surface area contributed by atoms with Crippen LogP contribution in [0.5, 0.6) is 5.06 Å². The summed E-state index contributed by atoms with van der Waals surface area (Å²) >= 11 is 1.48. The van der Waals surface area contributed by atoms with Gasteiger partial charge in [-0.3, -0.25) is 14.5 Å². The van der Waals surface area contributed by atoms with Crippen molar-refractivity contribution in [2.45, 2.75) is 59.7 Å². The van der Waals surface area contributed by atoms with Gasteiger partial charge in [0.1, 0.15) is 5.82 Å². The summed E-state index contributed by atoms with van der Waals surface area (Å²) in [6.07, 6.45) is 0.744. The molecule has 0 N–H and O–H groups in total. The highest BCUT2D eigenvalue weighted by Crippen LogP contribution is 2.50. The Hall–Kier alpha value is -2.05. The van der Waals surface area contributed by atoms with Gasteiger partial charge in [-0.05, 0) is 55.4 Å². The van der Waals surface area contributed by atoms with Crippen LogP contribution in [0.25, 0.3) is 0 Å². The number of carbonyl (C=O) groups excluding carboxylic acids is 2. The van der Waals surface area contributed by atoms with Crippen LogP contribution in [0.2, 0.25) is 0 Å². The van der Waals surface area contributed by atoms with Crippen molar-refractivity contribution in [2.24, 2.45) is 17.8 Å². The zero-order chi connectivity index (χ0) is 21.7. The fourth-order valence-corrected chi connectivity index (χ4v) is 6.03. The first kappa shape index (κ1) is 21.2. The summed E-state index contributed by atoms with van der Waals surface area (Å²) < 4.78 is 20.3. The van der Waals surface area contributed by atoms with E-state index in [0.29, 0.717) is 29.0 Å². The normalized spacial score (nSPS) is 26.7. The number of fused-ring (bicyclic) bond motifs is 1. The molecular weight excluding hydrogens is 401 g/mol. The molecule has 4 nitrogen and oxygen atoms in total. The minimum Gasteiger partial charge on any atom is -0.416 e. The van der Waals surface area contributed by atoms with E-state index in [2.05, 4.69) is 25.7 Å². The zero-order valence-electron chi connectivity index (χ0n) is 18.1. The number of esters is 1. The van der Waals surface area contributed by atoms with E-state index in [1.165, 1.54) is 29.2 Å². The molecule has 2 aromatic rings. The van der Waals surface area contributed by atoms with Gasteiger partial charge in [0.15, 0.2) is 10.8 Å². The van der Waals surface area contributed by atoms with Crippen molar-refractivity contribution < 1.29 is 18.7 Å². The summed E-state index contributed by atoms with van der Waals surface area (Å²) in [6.45, 7) is 10.1. The number of nitrogens with zero attached hydrogens (tertiary/aromatic N) is 1. The maximum Gasteiger partial charge on any atom is 0.308 e. The van der Waals surface area contributed by atoms with Gasteiger partial charge >= 0.3 is 5.97 Å². The van der Waals surface area contributed by atoms with Crippen molar-refractivity contribution in [3.8, 4) is 5.06 Å². The maximum absolute atomic E-state index is 15.0. The highest BCUT2D eigenvalue weighted by Gasteiger charge is 2.52. The third-order valence-electron chi connectivity index (χ3n) is 6.81. The molecule has 1 aliphatic carbocycles. The summed E-state index contributed by atoms with van der Waals surface area (Å²) in [4.78, 5) is 28.3. The molecule has 0 spiro atoms. The van der Waals surface area contributed by atoms with Crippen LogP contribution < -0.4 is 4.74 Å². The highest BCUT2D eigenvalue weighted by molar-refractivity contribution is 7.14. The number of carbonyl (C=O) groups is 2. The number of aryl methyl sites for hydroxylation is 1. The second-order valence-corrected chi connectivity index (χ2v) is 9.95. The quantitative estimate of drug-likeness (QED) is 0.622. The summed E-state index contributed by atoms with van der Waals surface area (Å²) in [6, 6.07) is 6.37. The van der Waals surface area contributed by atoms with Gasteiger partial charge in [-0.1, -0.05) is 26.0 Å². The van der Waals surface area contributed by atoms with Crippen LogP contribution in [0.3, 0.4) is 0 Å². The van der Waals surface area contributed by atoms with Crippen LogP contribution in [0.4, 0.5) is 4.39 Å². The minimum atomic E-state index is -0.608. The molecule has 6 heteroatoms. The first-order valence-electron chi connectivity index (χ1n) is 10.5. The molecule has 0 saturated heterocycles. The molecule has 0 radical (unpaired) electrons. The second kappa shape index (κ2) is 7.89. The topological polar surface area (TPSA) is 46.6 Å². The van der Waals surface area contributed by atoms with Gasteiger partial charge in [0.25, 0.3) is 0 Å². The molecule has 4 atom stereocenters. The summed E-state index contributed by atoms with van der Waals surface area (Å²) in [5.41, 5.74) is 2.36. The summed E-state index contributed by atoms with van der Waals surface area (Å²) in [5, 5.41) is 0.580. The Balaban J connectivity index is 1.73. The molecule has 1 aromatic heterocycles. The molecule has 0 bridgehead atoms. The largest absolute Gasteiger partial charge is 0.416 e. The minimum absolute atomic E-state index is 0.0262. The van der Waals surface area contributed by atoms with Crippen molar-refractivity contribution >= 4 is 23.1 Å². The average Bonchev–Trinajstić information content (AvgIpc) is 3.06. The molecule has 30 heavy (non-hydrogen) atoms. The number of hydrogen-bond donors (Lipinski definition) is 0. The highest BCUT2D eigenvalue weighted by atomic mass is 32.1. The Morgan fingerprint density at radius 3 is 2.53 bits per heavy atom. The number of hydrogen-bond acceptors (Lipinski definition) is 5. The molecule has 1 aromatic carbocycles. The van der Waals surface area contributed by atoms with Crippen LogP contribution in [-0.2, 0) is 22.6 Å². The maximum atomic E-state index is 15.0. The average molecular weight is 430 g/mol. The smallest absolute Gasteiger partial charge is 0.308 e. The van der Waals surface area contributed by atoms with E-state index in [0.717, 1.165) is 17.5 Å². The van der Waals surface area contributed by atoms with Crippen LogP contribution in [0, 0.1) is 30.5 Å². The Labute approximate surface area is 181 Å². The summed E-state index contributed by atoms with van der Waals surface area (Å²) in [7, 11) is 0. The number of Topliss-reactive ketones (excluding diaryl/α,β-unsaturated/α-hetero) is 1. The van der Waals surface area contributed by atoms with Crippen LogP contribution >= 0.6 is 11.3 Å². The van der Waals surface area contributed by atoms with Gasteiger partial charge in [-0.2, -0.15) is 0 Å². The van der Waals surface area contributed by atoms with Crippen molar-refractivity contribution in [2.75, 3.05) is 0 Å². The van der Waals surface area contributed by atoms with E-state index in [1.807, 2.05) is 19.1 Å². The van der Waals surface area contributed by atoms with Crippen LogP contribution in [-0.4, -0.2) is 22.7 Å². The first-order valence-corrected chi connectivity index (χ1v) is 11.3. The van der Waals surface area contributed by atoms with Crippen molar-refractivity contribution in [3.63, 3.8) is 0 Å².